The van der Waals surface area contributed by atoms with Crippen LogP contribution >= 0.6 is 0 Å². The van der Waals surface area contributed by atoms with E-state index in [2.05, 4.69) is 15.5 Å². The number of H-pyrrole nitrogens is 1. The minimum atomic E-state index is -0.140. The number of nitrogens with zero attached hydrogens (tertiary/aromatic N) is 1. The molecule has 2 rings (SSSR count). The number of nitrogens with one attached hydrogen (secondary N) is 2. The molecule has 2 N–H and O–H groups in total. The van der Waals surface area contributed by atoms with E-state index in [9.17, 15) is 4.79 Å². The van der Waals surface area contributed by atoms with Crippen molar-refractivity contribution < 1.29 is 9.53 Å². The number of benzene rings is 1. The highest BCUT2D eigenvalue weighted by molar-refractivity contribution is 5.95. The van der Waals surface area contributed by atoms with E-state index in [4.69, 9.17) is 4.74 Å². The molecule has 0 atom stereocenters. The Morgan fingerprint density at radius 1 is 1.43 bits per heavy atom. The highest BCUT2D eigenvalue weighted by atomic mass is 16.5. The number of para-hydroxylation sites is 1. The molecule has 5 nitrogen and oxygen atoms in total. The summed E-state index contributed by atoms with van der Waals surface area (Å²) in [7, 11) is 1.62. The number of allylic oxidation sites excluding steroid dienone is 1. The van der Waals surface area contributed by atoms with Gasteiger partial charge in [0, 0.05) is 29.4 Å². The van der Waals surface area contributed by atoms with E-state index >= 15 is 0 Å². The average molecular weight is 285 g/mol. The van der Waals surface area contributed by atoms with Crippen LogP contribution in [0.1, 0.15) is 23.7 Å². The summed E-state index contributed by atoms with van der Waals surface area (Å²) in [6.07, 6.45) is 3.29. The zero-order chi connectivity index (χ0) is 15.2. The van der Waals surface area contributed by atoms with E-state index in [-0.39, 0.29) is 5.91 Å². The molecule has 0 spiro atoms. The van der Waals surface area contributed by atoms with Crippen molar-refractivity contribution in [3.05, 3.63) is 53.4 Å². The van der Waals surface area contributed by atoms with Crippen molar-refractivity contribution in [2.45, 2.75) is 20.4 Å². The molecule has 1 amide bonds. The molecule has 0 bridgehead atoms. The predicted molar refractivity (Wildman–Crippen MR) is 81.8 cm³/mol. The highest BCUT2D eigenvalue weighted by Crippen LogP contribution is 2.24. The van der Waals surface area contributed by atoms with Gasteiger partial charge >= 0.3 is 0 Å². The molecule has 1 heterocycles. The Kier molecular flexibility index (Phi) is 4.77. The number of carbonyl (C=O) groups excluding carboxylic acids is 1. The molecule has 0 saturated heterocycles. The van der Waals surface area contributed by atoms with E-state index in [1.807, 2.05) is 38.1 Å². The van der Waals surface area contributed by atoms with Crippen LogP contribution in [0.3, 0.4) is 0 Å². The second-order valence-electron chi connectivity index (χ2n) is 4.77. The van der Waals surface area contributed by atoms with Crippen molar-refractivity contribution in [1.29, 1.82) is 0 Å². The van der Waals surface area contributed by atoms with Gasteiger partial charge in [-0.05, 0) is 25.5 Å². The molecule has 0 unspecified atom stereocenters. The Hall–Kier alpha value is -2.56. The number of rotatable bonds is 5. The van der Waals surface area contributed by atoms with Crippen LogP contribution in [0, 0.1) is 6.92 Å². The second-order valence-corrected chi connectivity index (χ2v) is 4.77. The maximum atomic E-state index is 12.0. The molecule has 0 saturated carbocycles. The van der Waals surface area contributed by atoms with Gasteiger partial charge in [0.25, 0.3) is 0 Å². The first kappa shape index (κ1) is 14.8. The van der Waals surface area contributed by atoms with Gasteiger partial charge < -0.3 is 10.1 Å². The third-order valence-electron chi connectivity index (χ3n) is 3.27. The number of methoxy groups -OCH3 is 1. The molecule has 1 aromatic carbocycles. The Balaban J connectivity index is 2.04. The van der Waals surface area contributed by atoms with Gasteiger partial charge in [-0.25, -0.2) is 0 Å². The van der Waals surface area contributed by atoms with Gasteiger partial charge in [0.1, 0.15) is 5.75 Å². The summed E-state index contributed by atoms with van der Waals surface area (Å²) in [6.45, 7) is 4.27. The van der Waals surface area contributed by atoms with Crippen LogP contribution in [0.5, 0.6) is 5.75 Å². The van der Waals surface area contributed by atoms with E-state index < -0.39 is 0 Å². The lowest BCUT2D eigenvalue weighted by Crippen LogP contribution is -2.20. The van der Waals surface area contributed by atoms with Crippen LogP contribution in [-0.2, 0) is 11.3 Å². The maximum absolute atomic E-state index is 12.0. The first-order valence-electron chi connectivity index (χ1n) is 6.70. The molecular weight excluding hydrogens is 266 g/mol. The lowest BCUT2D eigenvalue weighted by atomic mass is 10.1. The van der Waals surface area contributed by atoms with E-state index in [1.165, 1.54) is 0 Å². The molecule has 5 heteroatoms. The molecule has 1 aromatic heterocycles. The van der Waals surface area contributed by atoms with Crippen LogP contribution in [-0.4, -0.2) is 23.2 Å². The standard InChI is InChI=1S/C16H19N3O2/c1-11(14-6-4-5-7-15(14)21-3)8-16(20)17-9-13-10-18-19-12(13)2/h4-8,10H,9H2,1-3H3,(H,17,20)(H,18,19)/b11-8+. The average Bonchev–Trinajstić information content (AvgIpc) is 2.90. The van der Waals surface area contributed by atoms with E-state index in [0.717, 1.165) is 28.1 Å². The fraction of sp³-hybridized carbons (Fsp3) is 0.250. The zero-order valence-electron chi connectivity index (χ0n) is 12.4. The molecule has 0 aliphatic carbocycles. The molecule has 0 fully saturated rings. The number of hydrogen-bond acceptors (Lipinski definition) is 3. The van der Waals surface area contributed by atoms with E-state index in [1.54, 1.807) is 19.4 Å². The van der Waals surface area contributed by atoms with Crippen LogP contribution < -0.4 is 10.1 Å². The summed E-state index contributed by atoms with van der Waals surface area (Å²) >= 11 is 0. The Morgan fingerprint density at radius 3 is 2.86 bits per heavy atom. The number of aromatic nitrogens is 2. The smallest absolute Gasteiger partial charge is 0.244 e. The summed E-state index contributed by atoms with van der Waals surface area (Å²) in [5.41, 5.74) is 3.70. The van der Waals surface area contributed by atoms with Crippen molar-refractivity contribution in [3.63, 3.8) is 0 Å². The third-order valence-corrected chi connectivity index (χ3v) is 3.27. The summed E-state index contributed by atoms with van der Waals surface area (Å²) in [4.78, 5) is 12.0. The summed E-state index contributed by atoms with van der Waals surface area (Å²) < 4.78 is 5.30. The summed E-state index contributed by atoms with van der Waals surface area (Å²) in [6, 6.07) is 7.62. The first-order chi connectivity index (χ1) is 10.1. The minimum absolute atomic E-state index is 0.140. The molecule has 110 valence electrons. The second kappa shape index (κ2) is 6.74. The quantitative estimate of drug-likeness (QED) is 0.829. The number of ether oxygens (including phenoxy) is 1. The topological polar surface area (TPSA) is 67.0 Å². The van der Waals surface area contributed by atoms with Gasteiger partial charge in [-0.2, -0.15) is 5.10 Å². The van der Waals surface area contributed by atoms with Crippen LogP contribution in [0.4, 0.5) is 0 Å². The van der Waals surface area contributed by atoms with Crippen molar-refractivity contribution in [2.24, 2.45) is 0 Å². The van der Waals surface area contributed by atoms with Crippen LogP contribution in [0.2, 0.25) is 0 Å². The molecule has 0 aliphatic heterocycles. The van der Waals surface area contributed by atoms with Gasteiger partial charge in [-0.15, -0.1) is 0 Å². The normalized spacial score (nSPS) is 11.3. The van der Waals surface area contributed by atoms with Crippen molar-refractivity contribution in [1.82, 2.24) is 15.5 Å². The Labute approximate surface area is 124 Å². The SMILES string of the molecule is COc1ccccc1/C(C)=C/C(=O)NCc1cn[nH]c1C. The van der Waals surface area contributed by atoms with Gasteiger partial charge in [0.2, 0.25) is 5.91 Å². The number of aryl methyl sites for hydroxylation is 1. The van der Waals surface area contributed by atoms with Crippen LogP contribution in [0.15, 0.2) is 36.5 Å². The lowest BCUT2D eigenvalue weighted by molar-refractivity contribution is -0.116. The maximum Gasteiger partial charge on any atom is 0.244 e. The van der Waals surface area contributed by atoms with Gasteiger partial charge in [0.15, 0.2) is 0 Å². The Bertz CT molecular complexity index is 659. The van der Waals surface area contributed by atoms with Gasteiger partial charge in [-0.1, -0.05) is 18.2 Å². The molecular formula is C16H19N3O2. The molecule has 21 heavy (non-hydrogen) atoms. The first-order valence-corrected chi connectivity index (χ1v) is 6.70. The van der Waals surface area contributed by atoms with Crippen molar-refractivity contribution in [3.8, 4) is 5.75 Å². The zero-order valence-corrected chi connectivity index (χ0v) is 12.4. The molecule has 2 aromatic rings. The highest BCUT2D eigenvalue weighted by Gasteiger charge is 2.06. The van der Waals surface area contributed by atoms with Crippen molar-refractivity contribution >= 4 is 11.5 Å². The predicted octanol–water partition coefficient (Wildman–Crippen LogP) is 2.45. The van der Waals surface area contributed by atoms with Crippen LogP contribution in [0.25, 0.3) is 5.57 Å². The number of hydrogen-bond donors (Lipinski definition) is 2. The number of carbonyl (C=O) groups is 1. The largest absolute Gasteiger partial charge is 0.496 e. The lowest BCUT2D eigenvalue weighted by Gasteiger charge is -2.08. The fourth-order valence-corrected chi connectivity index (χ4v) is 2.03. The third kappa shape index (κ3) is 3.72. The molecule has 0 radical (unpaired) electrons. The van der Waals surface area contributed by atoms with Crippen molar-refractivity contribution in [2.75, 3.05) is 7.11 Å². The van der Waals surface area contributed by atoms with Gasteiger partial charge in [0.05, 0.1) is 13.3 Å². The van der Waals surface area contributed by atoms with Gasteiger partial charge in [-0.3, -0.25) is 9.89 Å². The summed E-state index contributed by atoms with van der Waals surface area (Å²) in [5, 5.41) is 9.61. The summed E-state index contributed by atoms with van der Waals surface area (Å²) in [5.74, 6) is 0.615. The Morgan fingerprint density at radius 2 is 2.19 bits per heavy atom. The number of amides is 1. The van der Waals surface area contributed by atoms with E-state index in [0.29, 0.717) is 6.54 Å². The number of aromatic amines is 1. The monoisotopic (exact) mass is 285 g/mol. The fourth-order valence-electron chi connectivity index (χ4n) is 2.03. The molecule has 0 aliphatic rings. The minimum Gasteiger partial charge on any atom is -0.496 e.